The SMILES string of the molecule is Fc1ccc(Br)c(CC(CBr)c2ccccc2Br)c1. The van der Waals surface area contributed by atoms with Crippen molar-refractivity contribution >= 4 is 47.8 Å². The highest BCUT2D eigenvalue weighted by molar-refractivity contribution is 9.11. The molecule has 2 rings (SSSR count). The van der Waals surface area contributed by atoms with E-state index in [0.29, 0.717) is 5.92 Å². The Balaban J connectivity index is 2.29. The number of rotatable bonds is 4. The van der Waals surface area contributed by atoms with E-state index in [0.717, 1.165) is 26.3 Å². The molecule has 0 spiro atoms. The molecule has 0 amide bonds. The van der Waals surface area contributed by atoms with E-state index in [1.807, 2.05) is 18.2 Å². The second-order valence-electron chi connectivity index (χ2n) is 4.31. The van der Waals surface area contributed by atoms with Gasteiger partial charge in [-0.3, -0.25) is 0 Å². The van der Waals surface area contributed by atoms with Crippen LogP contribution in [0, 0.1) is 5.82 Å². The summed E-state index contributed by atoms with van der Waals surface area (Å²) in [5.41, 5.74) is 2.22. The largest absolute Gasteiger partial charge is 0.207 e. The van der Waals surface area contributed by atoms with Crippen LogP contribution in [0.3, 0.4) is 0 Å². The number of hydrogen-bond donors (Lipinski definition) is 0. The van der Waals surface area contributed by atoms with Crippen LogP contribution in [0.25, 0.3) is 0 Å². The average Bonchev–Trinajstić information content (AvgIpc) is 2.41. The van der Waals surface area contributed by atoms with E-state index in [2.05, 4.69) is 53.9 Å². The van der Waals surface area contributed by atoms with E-state index < -0.39 is 0 Å². The second-order valence-corrected chi connectivity index (χ2v) is 6.67. The van der Waals surface area contributed by atoms with Gasteiger partial charge in [0.05, 0.1) is 0 Å². The summed E-state index contributed by atoms with van der Waals surface area (Å²) in [6.07, 6.45) is 0.784. The van der Waals surface area contributed by atoms with Gasteiger partial charge in [-0.2, -0.15) is 0 Å². The quantitative estimate of drug-likeness (QED) is 0.496. The Kier molecular flexibility index (Phi) is 5.60. The lowest BCUT2D eigenvalue weighted by atomic mass is 9.94. The lowest BCUT2D eigenvalue weighted by Gasteiger charge is -2.17. The van der Waals surface area contributed by atoms with E-state index >= 15 is 0 Å². The number of alkyl halides is 1. The van der Waals surface area contributed by atoms with E-state index in [9.17, 15) is 4.39 Å². The van der Waals surface area contributed by atoms with Crippen molar-refractivity contribution in [2.45, 2.75) is 12.3 Å². The molecular weight excluding hydrogens is 439 g/mol. The van der Waals surface area contributed by atoms with Gasteiger partial charge in [0.2, 0.25) is 0 Å². The third-order valence-corrected chi connectivity index (χ3v) is 5.28. The second kappa shape index (κ2) is 7.00. The van der Waals surface area contributed by atoms with Crippen molar-refractivity contribution in [2.24, 2.45) is 0 Å². The normalized spacial score (nSPS) is 12.4. The molecule has 2 aromatic carbocycles. The maximum Gasteiger partial charge on any atom is 0.123 e. The van der Waals surface area contributed by atoms with Gasteiger partial charge in [0.25, 0.3) is 0 Å². The Labute approximate surface area is 137 Å². The lowest BCUT2D eigenvalue weighted by molar-refractivity contribution is 0.623. The molecule has 0 aliphatic rings. The topological polar surface area (TPSA) is 0 Å². The van der Waals surface area contributed by atoms with Gasteiger partial charge < -0.3 is 0 Å². The number of halogens is 4. The fourth-order valence-electron chi connectivity index (χ4n) is 2.02. The zero-order valence-corrected chi connectivity index (χ0v) is 14.8. The summed E-state index contributed by atoms with van der Waals surface area (Å²) in [6, 6.07) is 13.0. The van der Waals surface area contributed by atoms with E-state index in [1.54, 1.807) is 12.1 Å². The molecule has 0 saturated heterocycles. The van der Waals surface area contributed by atoms with Gasteiger partial charge >= 0.3 is 0 Å². The van der Waals surface area contributed by atoms with Gasteiger partial charge in [-0.25, -0.2) is 4.39 Å². The van der Waals surface area contributed by atoms with Crippen molar-refractivity contribution in [2.75, 3.05) is 5.33 Å². The van der Waals surface area contributed by atoms with Gasteiger partial charge in [0.15, 0.2) is 0 Å². The number of hydrogen-bond acceptors (Lipinski definition) is 0. The van der Waals surface area contributed by atoms with Gasteiger partial charge in [-0.05, 0) is 47.7 Å². The Morgan fingerprint density at radius 1 is 1.00 bits per heavy atom. The third kappa shape index (κ3) is 3.89. The third-order valence-electron chi connectivity index (χ3n) is 3.01. The molecule has 0 aromatic heterocycles. The molecule has 0 fully saturated rings. The molecule has 0 aliphatic carbocycles. The summed E-state index contributed by atoms with van der Waals surface area (Å²) in [5, 5.41) is 0.832. The first-order chi connectivity index (χ1) is 9.11. The van der Waals surface area contributed by atoms with E-state index in [4.69, 9.17) is 0 Å². The minimum atomic E-state index is -0.196. The van der Waals surface area contributed by atoms with Gasteiger partial charge in [0, 0.05) is 14.3 Å². The summed E-state index contributed by atoms with van der Waals surface area (Å²) >= 11 is 10.6. The van der Waals surface area contributed by atoms with Crippen LogP contribution in [0.1, 0.15) is 17.0 Å². The Hall–Kier alpha value is -0.190. The molecule has 2 aromatic rings. The fourth-order valence-corrected chi connectivity index (χ4v) is 3.61. The summed E-state index contributed by atoms with van der Waals surface area (Å²) in [7, 11) is 0. The Bertz CT molecular complexity index is 569. The molecule has 19 heavy (non-hydrogen) atoms. The summed E-state index contributed by atoms with van der Waals surface area (Å²) < 4.78 is 15.4. The van der Waals surface area contributed by atoms with Crippen LogP contribution in [0.15, 0.2) is 51.4 Å². The highest BCUT2D eigenvalue weighted by Crippen LogP contribution is 2.31. The smallest absolute Gasteiger partial charge is 0.123 e. The highest BCUT2D eigenvalue weighted by atomic mass is 79.9. The molecule has 0 aliphatic heterocycles. The van der Waals surface area contributed by atoms with Crippen LogP contribution in [0.5, 0.6) is 0 Å². The summed E-state index contributed by atoms with van der Waals surface area (Å²) in [6.45, 7) is 0. The van der Waals surface area contributed by atoms with Crippen LogP contribution in [-0.2, 0) is 6.42 Å². The number of benzene rings is 2. The van der Waals surface area contributed by atoms with Crippen LogP contribution >= 0.6 is 47.8 Å². The molecule has 1 unspecified atom stereocenters. The predicted octanol–water partition coefficient (Wildman–Crippen LogP) is 6.07. The summed E-state index contributed by atoms with van der Waals surface area (Å²) in [5.74, 6) is 0.104. The molecule has 0 nitrogen and oxygen atoms in total. The molecule has 4 heteroatoms. The monoisotopic (exact) mass is 448 g/mol. The average molecular weight is 451 g/mol. The van der Waals surface area contributed by atoms with Gasteiger partial charge in [-0.15, -0.1) is 0 Å². The fraction of sp³-hybridized carbons (Fsp3) is 0.200. The Morgan fingerprint density at radius 2 is 1.74 bits per heavy atom. The molecule has 0 N–H and O–H groups in total. The molecule has 0 radical (unpaired) electrons. The van der Waals surface area contributed by atoms with Gasteiger partial charge in [-0.1, -0.05) is 66.0 Å². The van der Waals surface area contributed by atoms with Crippen LogP contribution in [0.4, 0.5) is 4.39 Å². The van der Waals surface area contributed by atoms with E-state index in [1.165, 1.54) is 11.6 Å². The Morgan fingerprint density at radius 3 is 2.42 bits per heavy atom. The first-order valence-corrected chi connectivity index (χ1v) is 8.57. The maximum atomic E-state index is 13.3. The molecule has 1 atom stereocenters. The van der Waals surface area contributed by atoms with E-state index in [-0.39, 0.29) is 5.82 Å². The highest BCUT2D eigenvalue weighted by Gasteiger charge is 2.15. The molecule has 100 valence electrons. The standard InChI is InChI=1S/C15H12Br3F/c16-9-11(13-3-1-2-4-15(13)18)7-10-8-12(19)5-6-14(10)17/h1-6,8,11H,7,9H2. The van der Waals surface area contributed by atoms with Crippen molar-refractivity contribution in [3.8, 4) is 0 Å². The lowest BCUT2D eigenvalue weighted by Crippen LogP contribution is -2.06. The maximum absolute atomic E-state index is 13.3. The summed E-state index contributed by atoms with van der Waals surface area (Å²) in [4.78, 5) is 0. The first-order valence-electron chi connectivity index (χ1n) is 5.86. The molecular formula is C15H12Br3F. The van der Waals surface area contributed by atoms with Crippen molar-refractivity contribution in [1.82, 2.24) is 0 Å². The zero-order valence-electron chi connectivity index (χ0n) is 10.0. The zero-order chi connectivity index (χ0) is 13.8. The van der Waals surface area contributed by atoms with Crippen molar-refractivity contribution in [3.63, 3.8) is 0 Å². The van der Waals surface area contributed by atoms with Crippen LogP contribution in [-0.4, -0.2) is 5.33 Å². The minimum Gasteiger partial charge on any atom is -0.207 e. The van der Waals surface area contributed by atoms with Crippen LogP contribution in [0.2, 0.25) is 0 Å². The predicted molar refractivity (Wildman–Crippen MR) is 88.5 cm³/mol. The van der Waals surface area contributed by atoms with Crippen molar-refractivity contribution in [3.05, 3.63) is 68.4 Å². The van der Waals surface area contributed by atoms with Crippen molar-refractivity contribution < 1.29 is 4.39 Å². The molecule has 0 heterocycles. The van der Waals surface area contributed by atoms with Crippen LogP contribution < -0.4 is 0 Å². The van der Waals surface area contributed by atoms with Gasteiger partial charge in [0.1, 0.15) is 5.82 Å². The first kappa shape index (κ1) is 15.2. The molecule has 0 bridgehead atoms. The molecule has 0 saturated carbocycles. The minimum absolute atomic E-state index is 0.196. The van der Waals surface area contributed by atoms with Crippen molar-refractivity contribution in [1.29, 1.82) is 0 Å².